The Labute approximate surface area is 184 Å². The molecule has 0 aliphatic carbocycles. The first-order chi connectivity index (χ1) is 14.6. The minimum absolute atomic E-state index is 0.0361. The first-order valence-electron chi connectivity index (χ1n) is 10.2. The molecule has 31 heavy (non-hydrogen) atoms. The summed E-state index contributed by atoms with van der Waals surface area (Å²) < 4.78 is 33.6. The standard InChI is InChI=1S/C22H30N4O4S/c1-22(2,3)24-31(28,29)20-14-18(7-8-19(20)30-4)21(27)26-12-10-25(11-13-26)16-17-6-5-9-23-15-17/h5-9,14-15,24H,10-13,16H2,1-4H3. The molecule has 2 heterocycles. The summed E-state index contributed by atoms with van der Waals surface area (Å²) in [4.78, 5) is 21.2. The molecule has 1 fully saturated rings. The largest absolute Gasteiger partial charge is 0.495 e. The number of amides is 1. The molecule has 9 heteroatoms. The molecule has 1 saturated heterocycles. The first kappa shape index (κ1) is 23.2. The van der Waals surface area contributed by atoms with Crippen LogP contribution in [-0.2, 0) is 16.6 Å². The maximum atomic E-state index is 13.1. The Balaban J connectivity index is 1.72. The smallest absolute Gasteiger partial charge is 0.253 e. The number of carbonyl (C=O) groups is 1. The van der Waals surface area contributed by atoms with E-state index in [9.17, 15) is 13.2 Å². The van der Waals surface area contributed by atoms with Crippen molar-refractivity contribution in [2.24, 2.45) is 0 Å². The van der Waals surface area contributed by atoms with Gasteiger partial charge in [0.25, 0.3) is 5.91 Å². The van der Waals surface area contributed by atoms with E-state index in [-0.39, 0.29) is 16.6 Å². The molecule has 1 N–H and O–H groups in total. The van der Waals surface area contributed by atoms with Crippen molar-refractivity contribution in [3.63, 3.8) is 0 Å². The summed E-state index contributed by atoms with van der Waals surface area (Å²) in [5.74, 6) is 0.0190. The van der Waals surface area contributed by atoms with E-state index >= 15 is 0 Å². The van der Waals surface area contributed by atoms with Gasteiger partial charge in [0.05, 0.1) is 7.11 Å². The Morgan fingerprint density at radius 3 is 2.45 bits per heavy atom. The topological polar surface area (TPSA) is 91.8 Å². The quantitative estimate of drug-likeness (QED) is 0.731. The molecule has 0 unspecified atom stereocenters. The van der Waals surface area contributed by atoms with Gasteiger partial charge in [-0.25, -0.2) is 13.1 Å². The van der Waals surface area contributed by atoms with Gasteiger partial charge in [0.1, 0.15) is 10.6 Å². The highest BCUT2D eigenvalue weighted by Crippen LogP contribution is 2.27. The van der Waals surface area contributed by atoms with Crippen molar-refractivity contribution in [3.8, 4) is 5.75 Å². The molecule has 0 atom stereocenters. The summed E-state index contributed by atoms with van der Waals surface area (Å²) in [5.41, 5.74) is 0.809. The van der Waals surface area contributed by atoms with E-state index in [4.69, 9.17) is 4.74 Å². The van der Waals surface area contributed by atoms with Gasteiger partial charge in [-0.3, -0.25) is 14.7 Å². The summed E-state index contributed by atoms with van der Waals surface area (Å²) in [6, 6.07) is 8.49. The number of aromatic nitrogens is 1. The molecular formula is C22H30N4O4S. The van der Waals surface area contributed by atoms with Gasteiger partial charge in [-0.2, -0.15) is 0 Å². The summed E-state index contributed by atoms with van der Waals surface area (Å²) in [6.07, 6.45) is 3.60. The van der Waals surface area contributed by atoms with Crippen LogP contribution in [0.1, 0.15) is 36.7 Å². The van der Waals surface area contributed by atoms with Gasteiger partial charge in [0.15, 0.2) is 0 Å². The Morgan fingerprint density at radius 1 is 1.16 bits per heavy atom. The molecule has 2 aromatic rings. The molecule has 3 rings (SSSR count). The van der Waals surface area contributed by atoms with Crippen LogP contribution in [0.15, 0.2) is 47.6 Å². The van der Waals surface area contributed by atoms with E-state index in [0.717, 1.165) is 25.2 Å². The van der Waals surface area contributed by atoms with E-state index in [2.05, 4.69) is 14.6 Å². The van der Waals surface area contributed by atoms with Crippen LogP contribution in [0.2, 0.25) is 0 Å². The molecule has 0 bridgehead atoms. The maximum Gasteiger partial charge on any atom is 0.253 e. The van der Waals surface area contributed by atoms with Gasteiger partial charge in [-0.15, -0.1) is 0 Å². The molecule has 0 saturated carbocycles. The lowest BCUT2D eigenvalue weighted by molar-refractivity contribution is 0.0628. The Kier molecular flexibility index (Phi) is 6.98. The molecule has 1 aliphatic heterocycles. The van der Waals surface area contributed by atoms with Crippen LogP contribution in [0.3, 0.4) is 0 Å². The van der Waals surface area contributed by atoms with Crippen LogP contribution in [0.25, 0.3) is 0 Å². The molecular weight excluding hydrogens is 416 g/mol. The molecule has 0 spiro atoms. The second-order valence-corrected chi connectivity index (χ2v) is 10.3. The van der Waals surface area contributed by atoms with Crippen molar-refractivity contribution in [2.45, 2.75) is 37.8 Å². The van der Waals surface area contributed by atoms with E-state index < -0.39 is 15.6 Å². The Bertz CT molecular complexity index is 1010. The van der Waals surface area contributed by atoms with Crippen LogP contribution in [0.4, 0.5) is 0 Å². The molecule has 1 aliphatic rings. The van der Waals surface area contributed by atoms with Gasteiger partial charge >= 0.3 is 0 Å². The lowest BCUT2D eigenvalue weighted by Crippen LogP contribution is -2.48. The predicted octanol–water partition coefficient (Wildman–Crippen LogP) is 2.12. The first-order valence-corrected chi connectivity index (χ1v) is 11.7. The maximum absolute atomic E-state index is 13.1. The number of carbonyl (C=O) groups excluding carboxylic acids is 1. The zero-order chi connectivity index (χ0) is 22.6. The lowest BCUT2D eigenvalue weighted by Gasteiger charge is -2.34. The zero-order valence-corrected chi connectivity index (χ0v) is 19.3. The van der Waals surface area contributed by atoms with Gasteiger partial charge in [-0.05, 0) is 50.6 Å². The number of ether oxygens (including phenoxy) is 1. The number of pyridine rings is 1. The van der Waals surface area contributed by atoms with Crippen molar-refractivity contribution in [1.82, 2.24) is 19.5 Å². The third kappa shape index (κ3) is 6.03. The van der Waals surface area contributed by atoms with Crippen LogP contribution >= 0.6 is 0 Å². The van der Waals surface area contributed by atoms with E-state index in [1.165, 1.54) is 19.2 Å². The van der Waals surface area contributed by atoms with E-state index in [1.54, 1.807) is 37.9 Å². The monoisotopic (exact) mass is 446 g/mol. The molecule has 1 amide bonds. The lowest BCUT2D eigenvalue weighted by atomic mass is 10.1. The highest BCUT2D eigenvalue weighted by molar-refractivity contribution is 7.89. The number of piperazine rings is 1. The number of rotatable bonds is 6. The van der Waals surface area contributed by atoms with Crippen molar-refractivity contribution >= 4 is 15.9 Å². The normalized spacial score (nSPS) is 15.7. The second-order valence-electron chi connectivity index (χ2n) is 8.65. The number of hydrogen-bond donors (Lipinski definition) is 1. The second kappa shape index (κ2) is 9.33. The fraction of sp³-hybridized carbons (Fsp3) is 0.455. The van der Waals surface area contributed by atoms with Crippen LogP contribution in [-0.4, -0.2) is 67.9 Å². The highest BCUT2D eigenvalue weighted by Gasteiger charge is 2.28. The number of nitrogens with one attached hydrogen (secondary N) is 1. The van der Waals surface area contributed by atoms with Crippen molar-refractivity contribution < 1.29 is 17.9 Å². The summed E-state index contributed by atoms with van der Waals surface area (Å²) in [7, 11) is -2.44. The van der Waals surface area contributed by atoms with Crippen molar-refractivity contribution in [1.29, 1.82) is 0 Å². The van der Waals surface area contributed by atoms with Gasteiger partial charge in [0, 0.05) is 56.2 Å². The molecule has 1 aromatic carbocycles. The number of benzene rings is 1. The van der Waals surface area contributed by atoms with Gasteiger partial charge < -0.3 is 9.64 Å². The van der Waals surface area contributed by atoms with Crippen LogP contribution < -0.4 is 9.46 Å². The highest BCUT2D eigenvalue weighted by atomic mass is 32.2. The summed E-state index contributed by atoms with van der Waals surface area (Å²) >= 11 is 0. The minimum Gasteiger partial charge on any atom is -0.495 e. The number of sulfonamides is 1. The molecule has 8 nitrogen and oxygen atoms in total. The van der Waals surface area contributed by atoms with E-state index in [0.29, 0.717) is 18.7 Å². The third-order valence-corrected chi connectivity index (χ3v) is 6.71. The van der Waals surface area contributed by atoms with Gasteiger partial charge in [-0.1, -0.05) is 6.07 Å². The summed E-state index contributed by atoms with van der Waals surface area (Å²) in [6.45, 7) is 8.71. The minimum atomic E-state index is -3.85. The summed E-state index contributed by atoms with van der Waals surface area (Å²) in [5, 5.41) is 0. The molecule has 1 aromatic heterocycles. The van der Waals surface area contributed by atoms with Gasteiger partial charge in [0.2, 0.25) is 10.0 Å². The van der Waals surface area contributed by atoms with E-state index in [1.807, 2.05) is 18.3 Å². The van der Waals surface area contributed by atoms with Crippen LogP contribution in [0.5, 0.6) is 5.75 Å². The third-order valence-electron chi connectivity index (χ3n) is 4.93. The fourth-order valence-electron chi connectivity index (χ4n) is 3.52. The number of nitrogens with zero attached hydrogens (tertiary/aromatic N) is 3. The SMILES string of the molecule is COc1ccc(C(=O)N2CCN(Cc3cccnc3)CC2)cc1S(=O)(=O)NC(C)(C)C. The molecule has 0 radical (unpaired) electrons. The molecule has 168 valence electrons. The Hall–Kier alpha value is -2.49. The van der Waals surface area contributed by atoms with Crippen molar-refractivity contribution in [2.75, 3.05) is 33.3 Å². The van der Waals surface area contributed by atoms with Crippen LogP contribution in [0, 0.1) is 0 Å². The Morgan fingerprint density at radius 2 is 1.87 bits per heavy atom. The number of hydrogen-bond acceptors (Lipinski definition) is 6. The predicted molar refractivity (Wildman–Crippen MR) is 118 cm³/mol. The van der Waals surface area contributed by atoms with Crippen molar-refractivity contribution in [3.05, 3.63) is 53.9 Å². The average Bonchev–Trinajstić information content (AvgIpc) is 2.72. The fourth-order valence-corrected chi connectivity index (χ4v) is 5.13. The average molecular weight is 447 g/mol. The zero-order valence-electron chi connectivity index (χ0n) is 18.5. The number of methoxy groups -OCH3 is 1.